The van der Waals surface area contributed by atoms with E-state index in [0.29, 0.717) is 18.1 Å². The standard InChI is InChI=1S/C19H22N2O2/c1-13(2)14-4-6-15(7-5-14)19(22)20-16-8-9-18-17(12-16)21(3)10-11-23-18/h4-9,12-13H,10-11H2,1-3H3,(H,20,22). The van der Waals surface area contributed by atoms with Gasteiger partial charge in [-0.25, -0.2) is 0 Å². The van der Waals surface area contributed by atoms with Crippen molar-refractivity contribution in [2.24, 2.45) is 0 Å². The number of hydrogen-bond acceptors (Lipinski definition) is 3. The third-order valence-corrected chi connectivity index (χ3v) is 4.15. The van der Waals surface area contributed by atoms with Gasteiger partial charge >= 0.3 is 0 Å². The fourth-order valence-electron chi connectivity index (χ4n) is 2.65. The minimum absolute atomic E-state index is 0.0976. The van der Waals surface area contributed by atoms with Crippen molar-refractivity contribution in [1.29, 1.82) is 0 Å². The number of hydrogen-bond donors (Lipinski definition) is 1. The molecule has 0 aromatic heterocycles. The summed E-state index contributed by atoms with van der Waals surface area (Å²) in [5.41, 5.74) is 3.68. The van der Waals surface area contributed by atoms with Crippen molar-refractivity contribution in [1.82, 2.24) is 0 Å². The number of likely N-dealkylation sites (N-methyl/N-ethyl adjacent to an activating group) is 1. The number of anilines is 2. The summed E-state index contributed by atoms with van der Waals surface area (Å²) in [4.78, 5) is 14.5. The van der Waals surface area contributed by atoms with Crippen LogP contribution in [-0.2, 0) is 0 Å². The number of amides is 1. The minimum Gasteiger partial charge on any atom is -0.490 e. The van der Waals surface area contributed by atoms with Crippen molar-refractivity contribution in [2.45, 2.75) is 19.8 Å². The fraction of sp³-hybridized carbons (Fsp3) is 0.316. The van der Waals surface area contributed by atoms with Gasteiger partial charge in [0.25, 0.3) is 5.91 Å². The van der Waals surface area contributed by atoms with Crippen LogP contribution in [0.2, 0.25) is 0 Å². The third kappa shape index (κ3) is 3.31. The van der Waals surface area contributed by atoms with Crippen molar-refractivity contribution in [2.75, 3.05) is 30.4 Å². The van der Waals surface area contributed by atoms with Crippen molar-refractivity contribution in [3.63, 3.8) is 0 Å². The van der Waals surface area contributed by atoms with Crippen molar-refractivity contribution in [3.8, 4) is 5.75 Å². The van der Waals surface area contributed by atoms with Gasteiger partial charge in [-0.05, 0) is 41.8 Å². The molecule has 1 N–H and O–H groups in total. The van der Waals surface area contributed by atoms with Crippen LogP contribution in [0.1, 0.15) is 35.7 Å². The maximum absolute atomic E-state index is 12.4. The molecule has 2 aromatic rings. The second kappa shape index (κ2) is 6.32. The van der Waals surface area contributed by atoms with Crippen molar-refractivity contribution >= 4 is 17.3 Å². The van der Waals surface area contributed by atoms with E-state index in [1.807, 2.05) is 49.5 Å². The van der Waals surface area contributed by atoms with Crippen LogP contribution in [0.4, 0.5) is 11.4 Å². The molecule has 120 valence electrons. The number of benzene rings is 2. The van der Waals surface area contributed by atoms with E-state index in [-0.39, 0.29) is 5.91 Å². The molecule has 4 nitrogen and oxygen atoms in total. The van der Waals surface area contributed by atoms with Crippen molar-refractivity contribution in [3.05, 3.63) is 53.6 Å². The van der Waals surface area contributed by atoms with Gasteiger partial charge in [0.1, 0.15) is 12.4 Å². The average Bonchev–Trinajstić information content (AvgIpc) is 2.55. The molecule has 4 heteroatoms. The molecule has 23 heavy (non-hydrogen) atoms. The highest BCUT2D eigenvalue weighted by Crippen LogP contribution is 2.33. The highest BCUT2D eigenvalue weighted by Gasteiger charge is 2.16. The molecule has 3 rings (SSSR count). The Balaban J connectivity index is 1.76. The van der Waals surface area contributed by atoms with Gasteiger partial charge in [0.05, 0.1) is 12.2 Å². The molecular formula is C19H22N2O2. The monoisotopic (exact) mass is 310 g/mol. The van der Waals surface area contributed by atoms with E-state index in [9.17, 15) is 4.79 Å². The number of rotatable bonds is 3. The molecule has 0 radical (unpaired) electrons. The van der Waals surface area contributed by atoms with E-state index < -0.39 is 0 Å². The molecule has 0 spiro atoms. The molecule has 1 heterocycles. The predicted molar refractivity (Wildman–Crippen MR) is 93.7 cm³/mol. The van der Waals surface area contributed by atoms with Gasteiger partial charge < -0.3 is 15.0 Å². The molecular weight excluding hydrogens is 288 g/mol. The SMILES string of the molecule is CC(C)c1ccc(C(=O)Nc2ccc3c(c2)N(C)CCO3)cc1. The lowest BCUT2D eigenvalue weighted by atomic mass is 10.0. The molecule has 1 amide bonds. The van der Waals surface area contributed by atoms with Crippen molar-refractivity contribution < 1.29 is 9.53 Å². The Labute approximate surface area is 137 Å². The Kier molecular flexibility index (Phi) is 4.24. The molecule has 0 unspecified atom stereocenters. The Morgan fingerprint density at radius 2 is 1.91 bits per heavy atom. The summed E-state index contributed by atoms with van der Waals surface area (Å²) in [6.07, 6.45) is 0. The van der Waals surface area contributed by atoms with E-state index in [2.05, 4.69) is 24.1 Å². The van der Waals surface area contributed by atoms with E-state index >= 15 is 0 Å². The van der Waals surface area contributed by atoms with Gasteiger partial charge in [-0.3, -0.25) is 4.79 Å². The Hall–Kier alpha value is -2.49. The molecule has 1 aliphatic heterocycles. The zero-order valence-electron chi connectivity index (χ0n) is 13.8. The van der Waals surface area contributed by atoms with E-state index in [1.54, 1.807) is 0 Å². The predicted octanol–water partition coefficient (Wildman–Crippen LogP) is 3.89. The van der Waals surface area contributed by atoms with Crippen LogP contribution in [-0.4, -0.2) is 26.1 Å². The Morgan fingerprint density at radius 3 is 2.61 bits per heavy atom. The lowest BCUT2D eigenvalue weighted by molar-refractivity contribution is 0.102. The number of carbonyl (C=O) groups excluding carboxylic acids is 1. The molecule has 0 saturated carbocycles. The smallest absolute Gasteiger partial charge is 0.255 e. The summed E-state index contributed by atoms with van der Waals surface area (Å²) < 4.78 is 5.62. The average molecular weight is 310 g/mol. The Bertz CT molecular complexity index is 708. The van der Waals surface area contributed by atoms with Crippen LogP contribution in [0.5, 0.6) is 5.75 Å². The Morgan fingerprint density at radius 1 is 1.17 bits per heavy atom. The summed E-state index contributed by atoms with van der Waals surface area (Å²) in [6.45, 7) is 5.82. The molecule has 0 atom stereocenters. The first-order valence-electron chi connectivity index (χ1n) is 7.94. The second-order valence-electron chi connectivity index (χ2n) is 6.18. The summed E-state index contributed by atoms with van der Waals surface area (Å²) >= 11 is 0. The first kappa shape index (κ1) is 15.4. The maximum Gasteiger partial charge on any atom is 0.255 e. The minimum atomic E-state index is -0.0976. The summed E-state index contributed by atoms with van der Waals surface area (Å²) in [5.74, 6) is 1.22. The highest BCUT2D eigenvalue weighted by molar-refractivity contribution is 6.04. The lowest BCUT2D eigenvalue weighted by Gasteiger charge is -2.28. The number of nitrogens with one attached hydrogen (secondary N) is 1. The van der Waals surface area contributed by atoms with Crippen LogP contribution in [0.25, 0.3) is 0 Å². The van der Waals surface area contributed by atoms with E-state index in [1.165, 1.54) is 5.56 Å². The first-order chi connectivity index (χ1) is 11.0. The molecule has 1 aliphatic rings. The van der Waals surface area contributed by atoms with Crippen LogP contribution in [0.15, 0.2) is 42.5 Å². The molecule has 0 fully saturated rings. The molecule has 0 saturated heterocycles. The number of fused-ring (bicyclic) bond motifs is 1. The van der Waals surface area contributed by atoms with E-state index in [0.717, 1.165) is 23.7 Å². The molecule has 0 bridgehead atoms. The van der Waals surface area contributed by atoms with Crippen LogP contribution in [0.3, 0.4) is 0 Å². The van der Waals surface area contributed by atoms with Gasteiger partial charge in [-0.2, -0.15) is 0 Å². The second-order valence-corrected chi connectivity index (χ2v) is 6.18. The number of nitrogens with zero attached hydrogens (tertiary/aromatic N) is 1. The van der Waals surface area contributed by atoms with Gasteiger partial charge in [0.15, 0.2) is 0 Å². The quantitative estimate of drug-likeness (QED) is 0.935. The topological polar surface area (TPSA) is 41.6 Å². The van der Waals surface area contributed by atoms with Crippen LogP contribution in [0, 0.1) is 0 Å². The van der Waals surface area contributed by atoms with Gasteiger partial charge in [-0.15, -0.1) is 0 Å². The summed E-state index contributed by atoms with van der Waals surface area (Å²) in [6, 6.07) is 13.5. The van der Waals surface area contributed by atoms with Crippen LogP contribution >= 0.6 is 0 Å². The van der Waals surface area contributed by atoms with Gasteiger partial charge in [0, 0.05) is 18.3 Å². The van der Waals surface area contributed by atoms with Crippen LogP contribution < -0.4 is 15.0 Å². The summed E-state index contributed by atoms with van der Waals surface area (Å²) in [5, 5.41) is 2.96. The largest absolute Gasteiger partial charge is 0.490 e. The molecule has 0 aliphatic carbocycles. The maximum atomic E-state index is 12.4. The normalized spacial score (nSPS) is 13.5. The highest BCUT2D eigenvalue weighted by atomic mass is 16.5. The number of ether oxygens (including phenoxy) is 1. The fourth-order valence-corrected chi connectivity index (χ4v) is 2.65. The molecule has 2 aromatic carbocycles. The lowest BCUT2D eigenvalue weighted by Crippen LogP contribution is -2.28. The first-order valence-corrected chi connectivity index (χ1v) is 7.94. The van der Waals surface area contributed by atoms with Gasteiger partial charge in [0.2, 0.25) is 0 Å². The van der Waals surface area contributed by atoms with E-state index in [4.69, 9.17) is 4.74 Å². The zero-order valence-corrected chi connectivity index (χ0v) is 13.8. The number of carbonyl (C=O) groups is 1. The summed E-state index contributed by atoms with van der Waals surface area (Å²) in [7, 11) is 2.03. The van der Waals surface area contributed by atoms with Gasteiger partial charge in [-0.1, -0.05) is 26.0 Å². The zero-order chi connectivity index (χ0) is 16.4. The third-order valence-electron chi connectivity index (χ3n) is 4.15.